The zero-order valence-corrected chi connectivity index (χ0v) is 17.9. The fourth-order valence-electron chi connectivity index (χ4n) is 3.33. The molecular formula is C20H22N4O5S. The van der Waals surface area contributed by atoms with Gasteiger partial charge in [0.1, 0.15) is 0 Å². The number of ether oxygens (including phenoxy) is 1. The van der Waals surface area contributed by atoms with Gasteiger partial charge in [0.05, 0.1) is 35.8 Å². The van der Waals surface area contributed by atoms with Gasteiger partial charge in [-0.2, -0.15) is 0 Å². The largest absolute Gasteiger partial charge is 0.466 e. The van der Waals surface area contributed by atoms with Crippen LogP contribution in [0.15, 0.2) is 51.6 Å². The van der Waals surface area contributed by atoms with Crippen LogP contribution in [0.1, 0.15) is 31.9 Å². The van der Waals surface area contributed by atoms with Crippen LogP contribution in [-0.4, -0.2) is 52.5 Å². The maximum atomic E-state index is 12.6. The molecule has 1 unspecified atom stereocenters. The first-order chi connectivity index (χ1) is 14.3. The van der Waals surface area contributed by atoms with Gasteiger partial charge >= 0.3 is 5.97 Å². The van der Waals surface area contributed by atoms with Gasteiger partial charge in [-0.15, -0.1) is 0 Å². The van der Waals surface area contributed by atoms with Gasteiger partial charge in [0.2, 0.25) is 5.91 Å². The van der Waals surface area contributed by atoms with Gasteiger partial charge in [0, 0.05) is 31.4 Å². The van der Waals surface area contributed by atoms with Gasteiger partial charge in [-0.3, -0.25) is 14.9 Å². The SMILES string of the molecule is CCN(C)C(=O)CC1=CSC2=NC(C)=C(C(=O)OC)C(c3cccc([N+](=O)[O-])c3)N12. The molecule has 0 aliphatic carbocycles. The predicted octanol–water partition coefficient (Wildman–Crippen LogP) is 3.21. The Hall–Kier alpha value is -3.14. The van der Waals surface area contributed by atoms with Crippen LogP contribution >= 0.6 is 11.8 Å². The van der Waals surface area contributed by atoms with Crippen molar-refractivity contribution in [1.82, 2.24) is 9.80 Å². The summed E-state index contributed by atoms with van der Waals surface area (Å²) in [5.41, 5.74) is 1.89. The highest BCUT2D eigenvalue weighted by Gasteiger charge is 2.41. The first-order valence-corrected chi connectivity index (χ1v) is 10.2. The van der Waals surface area contributed by atoms with Crippen molar-refractivity contribution in [3.63, 3.8) is 0 Å². The normalized spacial score (nSPS) is 17.9. The number of benzene rings is 1. The number of nitro groups is 1. The second-order valence-corrected chi connectivity index (χ2v) is 7.66. The topological polar surface area (TPSA) is 105 Å². The van der Waals surface area contributed by atoms with Gasteiger partial charge in [0.25, 0.3) is 5.69 Å². The number of methoxy groups -OCH3 is 1. The number of aliphatic imine (C=N–C) groups is 1. The monoisotopic (exact) mass is 430 g/mol. The molecule has 3 rings (SSSR count). The average Bonchev–Trinajstić information content (AvgIpc) is 3.13. The number of carbonyl (C=O) groups is 2. The Bertz CT molecular complexity index is 1000. The summed E-state index contributed by atoms with van der Waals surface area (Å²) in [6, 6.07) is 5.43. The van der Waals surface area contributed by atoms with Crippen molar-refractivity contribution >= 4 is 34.5 Å². The van der Waals surface area contributed by atoms with Crippen molar-refractivity contribution in [2.75, 3.05) is 20.7 Å². The molecule has 0 aromatic heterocycles. The summed E-state index contributed by atoms with van der Waals surface area (Å²) in [5, 5.41) is 13.8. The van der Waals surface area contributed by atoms with E-state index in [9.17, 15) is 19.7 Å². The second kappa shape index (κ2) is 8.70. The molecule has 0 saturated heterocycles. The molecular weight excluding hydrogens is 408 g/mol. The number of non-ortho nitro benzene ring substituents is 1. The van der Waals surface area contributed by atoms with E-state index in [4.69, 9.17) is 4.74 Å². The number of amides is 1. The van der Waals surface area contributed by atoms with Crippen molar-refractivity contribution < 1.29 is 19.2 Å². The second-order valence-electron chi connectivity index (χ2n) is 6.82. The fourth-order valence-corrected chi connectivity index (χ4v) is 4.30. The minimum absolute atomic E-state index is 0.0747. The van der Waals surface area contributed by atoms with E-state index in [0.717, 1.165) is 0 Å². The van der Waals surface area contributed by atoms with E-state index in [1.165, 1.54) is 31.0 Å². The number of allylic oxidation sites excluding steroid dienone is 1. The van der Waals surface area contributed by atoms with Crippen molar-refractivity contribution in [1.29, 1.82) is 0 Å². The highest BCUT2D eigenvalue weighted by atomic mass is 32.2. The number of amidine groups is 1. The molecule has 2 aliphatic rings. The van der Waals surface area contributed by atoms with Crippen LogP contribution in [0.25, 0.3) is 0 Å². The van der Waals surface area contributed by atoms with Crippen LogP contribution in [0.3, 0.4) is 0 Å². The Balaban J connectivity index is 2.10. The van der Waals surface area contributed by atoms with E-state index in [1.54, 1.807) is 35.9 Å². The number of esters is 1. The van der Waals surface area contributed by atoms with Crippen molar-refractivity contribution in [2.45, 2.75) is 26.3 Å². The minimum Gasteiger partial charge on any atom is -0.466 e. The molecule has 30 heavy (non-hydrogen) atoms. The summed E-state index contributed by atoms with van der Waals surface area (Å²) < 4.78 is 4.98. The molecule has 0 spiro atoms. The maximum absolute atomic E-state index is 12.6. The van der Waals surface area contributed by atoms with Crippen LogP contribution in [0.2, 0.25) is 0 Å². The van der Waals surface area contributed by atoms with Crippen LogP contribution in [0.5, 0.6) is 0 Å². The van der Waals surface area contributed by atoms with E-state index in [-0.39, 0.29) is 23.6 Å². The summed E-state index contributed by atoms with van der Waals surface area (Å²) in [6.45, 7) is 4.16. The third-order valence-electron chi connectivity index (χ3n) is 5.04. The quantitative estimate of drug-likeness (QED) is 0.388. The molecule has 1 aromatic carbocycles. The molecule has 9 nitrogen and oxygen atoms in total. The number of thioether (sulfide) groups is 1. The lowest BCUT2D eigenvalue weighted by molar-refractivity contribution is -0.384. The van der Waals surface area contributed by atoms with Crippen LogP contribution in [-0.2, 0) is 14.3 Å². The summed E-state index contributed by atoms with van der Waals surface area (Å²) in [4.78, 5) is 43.9. The first kappa shape index (κ1) is 21.6. The molecule has 2 heterocycles. The molecule has 0 saturated carbocycles. The Kier molecular flexibility index (Phi) is 6.25. The molecule has 0 bridgehead atoms. The number of hydrogen-bond acceptors (Lipinski definition) is 8. The van der Waals surface area contributed by atoms with Gasteiger partial charge in [-0.1, -0.05) is 23.9 Å². The summed E-state index contributed by atoms with van der Waals surface area (Å²) >= 11 is 1.35. The third kappa shape index (κ3) is 3.95. The predicted molar refractivity (Wildman–Crippen MR) is 113 cm³/mol. The van der Waals surface area contributed by atoms with Gasteiger partial charge in [-0.05, 0) is 24.8 Å². The van der Waals surface area contributed by atoms with Gasteiger partial charge in [-0.25, -0.2) is 9.79 Å². The summed E-state index contributed by atoms with van der Waals surface area (Å²) in [5.74, 6) is -0.644. The standard InChI is InChI=1S/C20H22N4O5S/c1-5-22(3)16(25)10-15-11-30-20-21-12(2)17(19(26)29-4)18(23(15)20)13-7-6-8-14(9-13)24(27)28/h6-9,11,18H,5,10H2,1-4H3. The highest BCUT2D eigenvalue weighted by Crippen LogP contribution is 2.45. The van der Waals surface area contributed by atoms with E-state index in [1.807, 2.05) is 12.3 Å². The van der Waals surface area contributed by atoms with E-state index >= 15 is 0 Å². The highest BCUT2D eigenvalue weighted by molar-refractivity contribution is 8.16. The third-order valence-corrected chi connectivity index (χ3v) is 5.92. The first-order valence-electron chi connectivity index (χ1n) is 9.29. The molecule has 0 N–H and O–H groups in total. The molecule has 10 heteroatoms. The van der Waals surface area contributed by atoms with Crippen LogP contribution in [0.4, 0.5) is 5.69 Å². The Morgan fingerprint density at radius 2 is 2.13 bits per heavy atom. The summed E-state index contributed by atoms with van der Waals surface area (Å²) in [7, 11) is 3.00. The van der Waals surface area contributed by atoms with Gasteiger partial charge in [0.15, 0.2) is 5.17 Å². The Morgan fingerprint density at radius 1 is 1.40 bits per heavy atom. The number of nitro benzene ring substituents is 1. The van der Waals surface area contributed by atoms with E-state index < -0.39 is 16.9 Å². The lowest BCUT2D eigenvalue weighted by Gasteiger charge is -2.36. The number of rotatable bonds is 6. The Labute approximate surface area is 178 Å². The van der Waals surface area contributed by atoms with Gasteiger partial charge < -0.3 is 14.5 Å². The lowest BCUT2D eigenvalue weighted by atomic mass is 9.93. The Morgan fingerprint density at radius 3 is 2.77 bits per heavy atom. The zero-order valence-electron chi connectivity index (χ0n) is 17.1. The minimum atomic E-state index is -0.689. The molecule has 158 valence electrons. The van der Waals surface area contributed by atoms with Crippen molar-refractivity contribution in [3.8, 4) is 0 Å². The number of hydrogen-bond donors (Lipinski definition) is 0. The zero-order chi connectivity index (χ0) is 22.0. The molecule has 1 amide bonds. The maximum Gasteiger partial charge on any atom is 0.338 e. The van der Waals surface area contributed by atoms with Crippen LogP contribution < -0.4 is 0 Å². The number of carbonyl (C=O) groups excluding carboxylic acids is 2. The lowest BCUT2D eigenvalue weighted by Crippen LogP contribution is -2.38. The fraction of sp³-hybridized carbons (Fsp3) is 0.350. The van der Waals surface area contributed by atoms with Crippen molar-refractivity contribution in [2.24, 2.45) is 4.99 Å². The van der Waals surface area contributed by atoms with E-state index in [2.05, 4.69) is 4.99 Å². The molecule has 1 aromatic rings. The van der Waals surface area contributed by atoms with Crippen LogP contribution in [0, 0.1) is 10.1 Å². The van der Waals surface area contributed by atoms with E-state index in [0.29, 0.717) is 28.7 Å². The molecule has 2 aliphatic heterocycles. The number of fused-ring (bicyclic) bond motifs is 1. The average molecular weight is 430 g/mol. The molecule has 0 radical (unpaired) electrons. The smallest absolute Gasteiger partial charge is 0.338 e. The number of nitrogens with zero attached hydrogens (tertiary/aromatic N) is 4. The summed E-state index contributed by atoms with van der Waals surface area (Å²) in [6.07, 6.45) is 0.120. The molecule has 1 atom stereocenters. The van der Waals surface area contributed by atoms with Crippen molar-refractivity contribution in [3.05, 3.63) is 62.3 Å². The molecule has 0 fully saturated rings.